The second-order valence-corrected chi connectivity index (χ2v) is 3.68. The van der Waals surface area contributed by atoms with E-state index in [2.05, 4.69) is 5.10 Å². The molecule has 0 spiro atoms. The van der Waals surface area contributed by atoms with Crippen LogP contribution in [0.1, 0.15) is 20.7 Å². The average molecular weight is 245 g/mol. The van der Waals surface area contributed by atoms with Gasteiger partial charge in [0, 0.05) is 11.8 Å². The number of benzene rings is 1. The van der Waals surface area contributed by atoms with Crippen molar-refractivity contribution in [2.75, 3.05) is 5.73 Å². The van der Waals surface area contributed by atoms with Crippen LogP contribution in [0.2, 0.25) is 0 Å². The number of hydrogen-bond acceptors (Lipinski definition) is 4. The first-order valence-electron chi connectivity index (χ1n) is 5.03. The Bertz CT molecular complexity index is 632. The molecule has 18 heavy (non-hydrogen) atoms. The van der Waals surface area contributed by atoms with Gasteiger partial charge < -0.3 is 17.2 Å². The van der Waals surface area contributed by atoms with Crippen molar-refractivity contribution in [1.82, 2.24) is 9.78 Å². The Morgan fingerprint density at radius 1 is 1.11 bits per heavy atom. The molecule has 2 amide bonds. The molecule has 0 atom stereocenters. The minimum absolute atomic E-state index is 0.249. The van der Waals surface area contributed by atoms with Crippen LogP contribution in [0.5, 0.6) is 0 Å². The highest BCUT2D eigenvalue weighted by atomic mass is 16.1. The van der Waals surface area contributed by atoms with Crippen molar-refractivity contribution in [2.45, 2.75) is 0 Å². The summed E-state index contributed by atoms with van der Waals surface area (Å²) in [7, 11) is 0. The van der Waals surface area contributed by atoms with Gasteiger partial charge in [-0.1, -0.05) is 0 Å². The van der Waals surface area contributed by atoms with Gasteiger partial charge in [-0.3, -0.25) is 9.59 Å². The summed E-state index contributed by atoms with van der Waals surface area (Å²) in [6.07, 6.45) is 2.75. The van der Waals surface area contributed by atoms with Gasteiger partial charge in [0.05, 0.1) is 23.1 Å². The van der Waals surface area contributed by atoms with Crippen molar-refractivity contribution >= 4 is 17.5 Å². The maximum absolute atomic E-state index is 11.1. The molecule has 0 aliphatic heterocycles. The molecule has 6 N–H and O–H groups in total. The molecular weight excluding hydrogens is 234 g/mol. The van der Waals surface area contributed by atoms with Gasteiger partial charge in [0.1, 0.15) is 0 Å². The number of rotatable bonds is 3. The van der Waals surface area contributed by atoms with Gasteiger partial charge in [-0.25, -0.2) is 4.68 Å². The molecule has 2 aromatic rings. The molecule has 0 unspecified atom stereocenters. The first-order valence-corrected chi connectivity index (χ1v) is 5.03. The Labute approximate surface area is 102 Å². The van der Waals surface area contributed by atoms with E-state index in [9.17, 15) is 9.59 Å². The lowest BCUT2D eigenvalue weighted by molar-refractivity contribution is 0.0991. The van der Waals surface area contributed by atoms with Gasteiger partial charge in [-0.15, -0.1) is 0 Å². The minimum atomic E-state index is -0.592. The van der Waals surface area contributed by atoms with Crippen LogP contribution < -0.4 is 17.2 Å². The summed E-state index contributed by atoms with van der Waals surface area (Å²) in [4.78, 5) is 22.1. The Morgan fingerprint density at radius 3 is 2.33 bits per heavy atom. The number of hydrogen-bond donors (Lipinski definition) is 3. The predicted molar refractivity (Wildman–Crippen MR) is 65.0 cm³/mol. The van der Waals surface area contributed by atoms with E-state index in [-0.39, 0.29) is 5.56 Å². The molecule has 0 aliphatic carbocycles. The highest BCUT2D eigenvalue weighted by Crippen LogP contribution is 2.18. The fraction of sp³-hybridized carbons (Fsp3) is 0. The average Bonchev–Trinajstić information content (AvgIpc) is 2.78. The standard InChI is InChI=1S/C11H11N5O2/c12-8-2-1-6(10(13)17)3-9(8)16-5-7(4-15-16)11(14)18/h1-5H,12H2,(H2,13,17)(H2,14,18). The molecule has 1 aromatic heterocycles. The third-order valence-corrected chi connectivity index (χ3v) is 2.43. The molecule has 0 bridgehead atoms. The number of nitrogens with zero attached hydrogens (tertiary/aromatic N) is 2. The van der Waals surface area contributed by atoms with Gasteiger partial charge in [-0.2, -0.15) is 5.10 Å². The normalized spacial score (nSPS) is 10.2. The van der Waals surface area contributed by atoms with Crippen molar-refractivity contribution in [3.05, 3.63) is 41.7 Å². The molecule has 2 rings (SSSR count). The molecule has 0 radical (unpaired) electrons. The van der Waals surface area contributed by atoms with E-state index in [0.717, 1.165) is 0 Å². The lowest BCUT2D eigenvalue weighted by atomic mass is 10.1. The topological polar surface area (TPSA) is 130 Å². The molecular formula is C11H11N5O2. The third-order valence-electron chi connectivity index (χ3n) is 2.43. The van der Waals surface area contributed by atoms with Crippen molar-refractivity contribution in [3.8, 4) is 5.69 Å². The van der Waals surface area contributed by atoms with Crippen LogP contribution in [0.3, 0.4) is 0 Å². The summed E-state index contributed by atoms with van der Waals surface area (Å²) in [6, 6.07) is 4.55. The van der Waals surface area contributed by atoms with Crippen molar-refractivity contribution in [2.24, 2.45) is 11.5 Å². The van der Waals surface area contributed by atoms with Crippen LogP contribution in [0, 0.1) is 0 Å². The Balaban J connectivity index is 2.51. The fourth-order valence-corrected chi connectivity index (χ4v) is 1.48. The molecule has 1 aromatic carbocycles. The smallest absolute Gasteiger partial charge is 0.251 e. The number of carbonyl (C=O) groups excluding carboxylic acids is 2. The summed E-state index contributed by atoms with van der Waals surface area (Å²) in [5.41, 5.74) is 17.5. The molecule has 7 nitrogen and oxygen atoms in total. The first kappa shape index (κ1) is 11.6. The van der Waals surface area contributed by atoms with Crippen molar-refractivity contribution in [3.63, 3.8) is 0 Å². The monoisotopic (exact) mass is 245 g/mol. The SMILES string of the molecule is NC(=O)c1ccc(N)c(-n2cc(C(N)=O)cn2)c1. The van der Waals surface area contributed by atoms with E-state index in [1.54, 1.807) is 6.07 Å². The fourth-order valence-electron chi connectivity index (χ4n) is 1.48. The molecule has 1 heterocycles. The summed E-state index contributed by atoms with van der Waals surface area (Å²) in [6.45, 7) is 0. The van der Waals surface area contributed by atoms with E-state index >= 15 is 0 Å². The number of nitrogen functional groups attached to an aromatic ring is 1. The summed E-state index contributed by atoms with van der Waals surface area (Å²) < 4.78 is 1.36. The van der Waals surface area contributed by atoms with Crippen molar-refractivity contribution < 1.29 is 9.59 Å². The van der Waals surface area contributed by atoms with Gasteiger partial charge in [0.15, 0.2) is 0 Å². The van der Waals surface area contributed by atoms with E-state index in [1.165, 1.54) is 29.2 Å². The number of anilines is 1. The summed E-state index contributed by atoms with van der Waals surface area (Å²) in [5.74, 6) is -1.16. The predicted octanol–water partition coefficient (Wildman–Crippen LogP) is -0.348. The van der Waals surface area contributed by atoms with Crippen LogP contribution in [0.15, 0.2) is 30.6 Å². The van der Waals surface area contributed by atoms with Crippen LogP contribution in [0.4, 0.5) is 5.69 Å². The van der Waals surface area contributed by atoms with Gasteiger partial charge >= 0.3 is 0 Å². The first-order chi connectivity index (χ1) is 8.49. The van der Waals surface area contributed by atoms with Crippen LogP contribution in [0.25, 0.3) is 5.69 Å². The second kappa shape index (κ2) is 4.21. The van der Waals surface area contributed by atoms with E-state index in [4.69, 9.17) is 17.2 Å². The van der Waals surface area contributed by atoms with Gasteiger partial charge in [0.25, 0.3) is 5.91 Å². The van der Waals surface area contributed by atoms with E-state index in [1.807, 2.05) is 0 Å². The molecule has 7 heteroatoms. The highest BCUT2D eigenvalue weighted by molar-refractivity contribution is 5.94. The lowest BCUT2D eigenvalue weighted by Gasteiger charge is -2.06. The van der Waals surface area contributed by atoms with Gasteiger partial charge in [-0.05, 0) is 18.2 Å². The maximum Gasteiger partial charge on any atom is 0.251 e. The zero-order valence-electron chi connectivity index (χ0n) is 9.33. The van der Waals surface area contributed by atoms with Crippen LogP contribution in [-0.4, -0.2) is 21.6 Å². The zero-order chi connectivity index (χ0) is 13.3. The molecule has 0 aliphatic rings. The number of amides is 2. The Kier molecular flexibility index (Phi) is 2.72. The van der Waals surface area contributed by atoms with E-state index in [0.29, 0.717) is 16.9 Å². The molecule has 92 valence electrons. The third kappa shape index (κ3) is 2.01. The number of nitrogens with two attached hydrogens (primary N) is 3. The maximum atomic E-state index is 11.1. The minimum Gasteiger partial charge on any atom is -0.397 e. The quantitative estimate of drug-likeness (QED) is 0.638. The summed E-state index contributed by atoms with van der Waals surface area (Å²) in [5, 5.41) is 3.95. The molecule has 0 saturated heterocycles. The van der Waals surface area contributed by atoms with E-state index < -0.39 is 11.8 Å². The van der Waals surface area contributed by atoms with Gasteiger partial charge in [0.2, 0.25) is 5.91 Å². The zero-order valence-corrected chi connectivity index (χ0v) is 9.33. The Morgan fingerprint density at radius 2 is 1.78 bits per heavy atom. The number of primary amides is 2. The Hall–Kier alpha value is -2.83. The molecule has 0 fully saturated rings. The highest BCUT2D eigenvalue weighted by Gasteiger charge is 2.10. The van der Waals surface area contributed by atoms with Crippen molar-refractivity contribution in [1.29, 1.82) is 0 Å². The lowest BCUT2D eigenvalue weighted by Crippen LogP contribution is -2.12. The number of carbonyl (C=O) groups is 2. The number of aromatic nitrogens is 2. The summed E-state index contributed by atoms with van der Waals surface area (Å²) >= 11 is 0. The van der Waals surface area contributed by atoms with Crippen LogP contribution in [-0.2, 0) is 0 Å². The second-order valence-electron chi connectivity index (χ2n) is 3.68. The molecule has 0 saturated carbocycles. The largest absolute Gasteiger partial charge is 0.397 e. The van der Waals surface area contributed by atoms with Crippen LogP contribution >= 0.6 is 0 Å².